The molecule has 0 saturated carbocycles. The summed E-state index contributed by atoms with van der Waals surface area (Å²) in [5, 5.41) is 0. The van der Waals surface area contributed by atoms with E-state index >= 15 is 0 Å². The van der Waals surface area contributed by atoms with Gasteiger partial charge in [0.05, 0.1) is 0 Å². The number of nitrogens with zero attached hydrogens (tertiary/aromatic N) is 1. The maximum absolute atomic E-state index is 5.86. The zero-order valence-corrected chi connectivity index (χ0v) is 12.5. The number of hydrogen-bond donors (Lipinski definition) is 1. The smallest absolute Gasteiger partial charge is 0.0363 e. The summed E-state index contributed by atoms with van der Waals surface area (Å²) in [5.41, 5.74) is 7.28. The van der Waals surface area contributed by atoms with E-state index < -0.39 is 0 Å². The average Bonchev–Trinajstić information content (AvgIpc) is 2.41. The normalized spacial score (nSPS) is 30.2. The quantitative estimate of drug-likeness (QED) is 0.898. The van der Waals surface area contributed by atoms with E-state index in [9.17, 15) is 0 Å². The molecule has 1 saturated heterocycles. The number of nitrogens with two attached hydrogens (primary N) is 1. The Balaban J connectivity index is 2.22. The second-order valence-electron chi connectivity index (χ2n) is 6.26. The highest BCUT2D eigenvalue weighted by Crippen LogP contribution is 2.35. The molecule has 106 valence electrons. The third-order valence-corrected chi connectivity index (χ3v) is 4.67. The largest absolute Gasteiger partial charge is 0.330 e. The molecule has 0 bridgehead atoms. The lowest BCUT2D eigenvalue weighted by Crippen LogP contribution is -2.47. The molecule has 1 aromatic rings. The van der Waals surface area contributed by atoms with Gasteiger partial charge in [0.15, 0.2) is 0 Å². The molecule has 0 aliphatic carbocycles. The Morgan fingerprint density at radius 1 is 1.21 bits per heavy atom. The molecule has 0 radical (unpaired) electrons. The van der Waals surface area contributed by atoms with Gasteiger partial charge in [0, 0.05) is 18.6 Å². The van der Waals surface area contributed by atoms with E-state index in [4.69, 9.17) is 5.73 Å². The fourth-order valence-electron chi connectivity index (χ4n) is 3.53. The molecule has 2 rings (SSSR count). The molecule has 2 heteroatoms. The van der Waals surface area contributed by atoms with Gasteiger partial charge >= 0.3 is 0 Å². The van der Waals surface area contributed by atoms with E-state index in [0.717, 1.165) is 24.8 Å². The molecule has 4 atom stereocenters. The first-order chi connectivity index (χ1) is 9.13. The van der Waals surface area contributed by atoms with Crippen molar-refractivity contribution in [3.05, 3.63) is 35.9 Å². The van der Waals surface area contributed by atoms with Crippen LogP contribution in [0.25, 0.3) is 0 Å². The van der Waals surface area contributed by atoms with Crippen molar-refractivity contribution >= 4 is 0 Å². The van der Waals surface area contributed by atoms with Crippen molar-refractivity contribution < 1.29 is 0 Å². The molecule has 1 aliphatic heterocycles. The number of likely N-dealkylation sites (tertiary alicyclic amines) is 1. The van der Waals surface area contributed by atoms with Gasteiger partial charge in [0.1, 0.15) is 0 Å². The predicted octanol–water partition coefficient (Wildman–Crippen LogP) is 3.44. The summed E-state index contributed by atoms with van der Waals surface area (Å²) in [6.45, 7) is 9.09. The van der Waals surface area contributed by atoms with E-state index in [1.54, 1.807) is 0 Å². The summed E-state index contributed by atoms with van der Waals surface area (Å²) in [6, 6.07) is 12.0. The highest BCUT2D eigenvalue weighted by molar-refractivity contribution is 5.19. The van der Waals surface area contributed by atoms with Gasteiger partial charge in [-0.25, -0.2) is 0 Å². The monoisotopic (exact) mass is 260 g/mol. The minimum absolute atomic E-state index is 0.478. The average molecular weight is 260 g/mol. The van der Waals surface area contributed by atoms with Crippen LogP contribution in [0.2, 0.25) is 0 Å². The van der Waals surface area contributed by atoms with Gasteiger partial charge < -0.3 is 5.73 Å². The Kier molecular flexibility index (Phi) is 5.00. The van der Waals surface area contributed by atoms with Gasteiger partial charge in [-0.15, -0.1) is 0 Å². The Hall–Kier alpha value is -0.860. The van der Waals surface area contributed by atoms with Gasteiger partial charge in [-0.1, -0.05) is 44.2 Å². The maximum Gasteiger partial charge on any atom is 0.0363 e. The third-order valence-electron chi connectivity index (χ3n) is 4.67. The van der Waals surface area contributed by atoms with Crippen molar-refractivity contribution in [2.75, 3.05) is 13.1 Å². The minimum atomic E-state index is 0.478. The first-order valence-corrected chi connectivity index (χ1v) is 7.64. The molecule has 1 aliphatic rings. The van der Waals surface area contributed by atoms with Crippen LogP contribution in [0.3, 0.4) is 0 Å². The van der Waals surface area contributed by atoms with Gasteiger partial charge in [-0.3, -0.25) is 4.90 Å². The fourth-order valence-corrected chi connectivity index (χ4v) is 3.53. The number of benzene rings is 1. The molecule has 2 nitrogen and oxygen atoms in total. The van der Waals surface area contributed by atoms with Crippen LogP contribution in [-0.2, 0) is 0 Å². The first kappa shape index (κ1) is 14.5. The molecule has 1 heterocycles. The molecular weight excluding hydrogens is 232 g/mol. The summed E-state index contributed by atoms with van der Waals surface area (Å²) in [6.07, 6.45) is 2.40. The van der Waals surface area contributed by atoms with E-state index in [-0.39, 0.29) is 0 Å². The Bertz CT molecular complexity index is 376. The van der Waals surface area contributed by atoms with Crippen LogP contribution < -0.4 is 5.73 Å². The Labute approximate surface area is 118 Å². The molecule has 1 fully saturated rings. The fraction of sp³-hybridized carbons (Fsp3) is 0.647. The summed E-state index contributed by atoms with van der Waals surface area (Å²) in [4.78, 5) is 2.68. The van der Waals surface area contributed by atoms with Gasteiger partial charge in [-0.05, 0) is 43.7 Å². The van der Waals surface area contributed by atoms with Crippen LogP contribution in [0.4, 0.5) is 0 Å². The van der Waals surface area contributed by atoms with Crippen LogP contribution in [0.15, 0.2) is 30.3 Å². The zero-order chi connectivity index (χ0) is 13.8. The summed E-state index contributed by atoms with van der Waals surface area (Å²) >= 11 is 0. The molecular formula is C17H28N2. The Morgan fingerprint density at radius 3 is 2.53 bits per heavy atom. The van der Waals surface area contributed by atoms with E-state index in [2.05, 4.69) is 56.0 Å². The van der Waals surface area contributed by atoms with Crippen LogP contribution in [0.5, 0.6) is 0 Å². The second kappa shape index (κ2) is 6.53. The van der Waals surface area contributed by atoms with E-state index in [1.807, 2.05) is 0 Å². The van der Waals surface area contributed by atoms with E-state index in [0.29, 0.717) is 12.1 Å². The number of hydrogen-bond acceptors (Lipinski definition) is 2. The van der Waals surface area contributed by atoms with Gasteiger partial charge in [0.2, 0.25) is 0 Å². The standard InChI is InChI=1S/C17H28N2/c1-13-11-14(2)15(3)19(12-13)17(9-10-18)16-7-5-4-6-8-16/h4-8,13-15,17H,9-12,18H2,1-3H3. The van der Waals surface area contributed by atoms with Crippen molar-refractivity contribution in [3.8, 4) is 0 Å². The number of rotatable bonds is 4. The van der Waals surface area contributed by atoms with Crippen LogP contribution in [0, 0.1) is 11.8 Å². The molecule has 19 heavy (non-hydrogen) atoms. The highest BCUT2D eigenvalue weighted by atomic mass is 15.2. The summed E-state index contributed by atoms with van der Waals surface area (Å²) in [5.74, 6) is 1.56. The van der Waals surface area contributed by atoms with Crippen LogP contribution in [0.1, 0.15) is 45.2 Å². The van der Waals surface area contributed by atoms with E-state index in [1.165, 1.54) is 18.5 Å². The first-order valence-electron chi connectivity index (χ1n) is 7.64. The van der Waals surface area contributed by atoms with Crippen molar-refractivity contribution in [3.63, 3.8) is 0 Å². The van der Waals surface area contributed by atoms with Gasteiger partial charge in [-0.2, -0.15) is 0 Å². The van der Waals surface area contributed by atoms with Crippen molar-refractivity contribution in [2.24, 2.45) is 17.6 Å². The van der Waals surface area contributed by atoms with Gasteiger partial charge in [0.25, 0.3) is 0 Å². The second-order valence-corrected chi connectivity index (χ2v) is 6.26. The van der Waals surface area contributed by atoms with Crippen molar-refractivity contribution in [2.45, 2.75) is 45.7 Å². The zero-order valence-electron chi connectivity index (χ0n) is 12.5. The molecule has 0 aromatic heterocycles. The molecule has 0 amide bonds. The molecule has 1 aromatic carbocycles. The van der Waals surface area contributed by atoms with Crippen LogP contribution >= 0.6 is 0 Å². The van der Waals surface area contributed by atoms with Crippen molar-refractivity contribution in [1.29, 1.82) is 0 Å². The maximum atomic E-state index is 5.86. The lowest BCUT2D eigenvalue weighted by atomic mass is 9.83. The topological polar surface area (TPSA) is 29.3 Å². The SMILES string of the molecule is CC1CC(C)C(C)N(C(CCN)c2ccccc2)C1. The van der Waals surface area contributed by atoms with Crippen LogP contribution in [-0.4, -0.2) is 24.0 Å². The number of piperidine rings is 1. The molecule has 2 N–H and O–H groups in total. The van der Waals surface area contributed by atoms with Crippen molar-refractivity contribution in [1.82, 2.24) is 4.90 Å². The Morgan fingerprint density at radius 2 is 1.89 bits per heavy atom. The minimum Gasteiger partial charge on any atom is -0.330 e. The lowest BCUT2D eigenvalue weighted by molar-refractivity contribution is 0.0369. The predicted molar refractivity (Wildman–Crippen MR) is 82.0 cm³/mol. The third kappa shape index (κ3) is 3.37. The summed E-state index contributed by atoms with van der Waals surface area (Å²) in [7, 11) is 0. The molecule has 0 spiro atoms. The summed E-state index contributed by atoms with van der Waals surface area (Å²) < 4.78 is 0. The lowest BCUT2D eigenvalue weighted by Gasteiger charge is -2.45. The highest BCUT2D eigenvalue weighted by Gasteiger charge is 2.33. The molecule has 4 unspecified atom stereocenters.